The molecule has 0 unspecified atom stereocenters. The van der Waals surface area contributed by atoms with Crippen LogP contribution >= 0.6 is 11.6 Å². The molecular weight excluding hydrogens is 347 g/mol. The molecule has 0 saturated carbocycles. The maximum absolute atomic E-state index is 12.3. The average molecular weight is 360 g/mol. The van der Waals surface area contributed by atoms with Gasteiger partial charge in [0.1, 0.15) is 11.5 Å². The van der Waals surface area contributed by atoms with Crippen LogP contribution in [-0.2, 0) is 0 Å². The molecule has 2 rings (SSSR count). The van der Waals surface area contributed by atoms with Crippen molar-refractivity contribution in [1.82, 2.24) is 0 Å². The number of hydrogen-bond donors (Lipinski definition) is 1. The molecule has 0 saturated heterocycles. The highest BCUT2D eigenvalue weighted by atomic mass is 35.5. The van der Waals surface area contributed by atoms with Crippen molar-refractivity contribution in [2.24, 2.45) is 0 Å². The summed E-state index contributed by atoms with van der Waals surface area (Å²) in [6.45, 7) is -1.47. The van der Waals surface area contributed by atoms with Crippen LogP contribution in [0.1, 0.15) is 10.4 Å². The summed E-state index contributed by atoms with van der Waals surface area (Å²) >= 11 is 5.83. The second-order valence-electron chi connectivity index (χ2n) is 4.73. The van der Waals surface area contributed by atoms with Gasteiger partial charge in [-0.1, -0.05) is 11.6 Å². The predicted octanol–water partition coefficient (Wildman–Crippen LogP) is 4.54. The molecule has 2 aromatic carbocycles. The Hall–Kier alpha value is -2.41. The van der Waals surface area contributed by atoms with Gasteiger partial charge in [0, 0.05) is 10.6 Å². The second-order valence-corrected chi connectivity index (χ2v) is 5.16. The van der Waals surface area contributed by atoms with E-state index in [1.807, 2.05) is 0 Å². The van der Waals surface area contributed by atoms with Gasteiger partial charge in [-0.05, 0) is 42.5 Å². The number of carbonyl (C=O) groups excluding carboxylic acids is 1. The van der Waals surface area contributed by atoms with Crippen molar-refractivity contribution in [3.8, 4) is 11.5 Å². The van der Waals surface area contributed by atoms with Crippen LogP contribution in [0.2, 0.25) is 5.02 Å². The Morgan fingerprint density at radius 3 is 2.42 bits per heavy atom. The maximum atomic E-state index is 12.3. The number of ether oxygens (including phenoxy) is 2. The van der Waals surface area contributed by atoms with Crippen LogP contribution in [0.3, 0.4) is 0 Å². The molecule has 0 aliphatic heterocycles. The fraction of sp³-hybridized carbons (Fsp3) is 0.188. The lowest BCUT2D eigenvalue weighted by Crippen LogP contribution is -2.20. The first-order chi connectivity index (χ1) is 11.3. The molecule has 4 nitrogen and oxygen atoms in total. The first-order valence-electron chi connectivity index (χ1n) is 6.73. The molecule has 2 aromatic rings. The van der Waals surface area contributed by atoms with Gasteiger partial charge in [-0.25, -0.2) is 0 Å². The van der Waals surface area contributed by atoms with E-state index in [1.165, 1.54) is 37.4 Å². The van der Waals surface area contributed by atoms with Crippen molar-refractivity contribution in [3.63, 3.8) is 0 Å². The lowest BCUT2D eigenvalue weighted by Gasteiger charge is -2.14. The molecule has 1 amide bonds. The summed E-state index contributed by atoms with van der Waals surface area (Å²) in [6.07, 6.45) is -4.49. The number of alkyl halides is 3. The normalized spacial score (nSPS) is 11.0. The molecule has 0 radical (unpaired) electrons. The van der Waals surface area contributed by atoms with Gasteiger partial charge >= 0.3 is 6.18 Å². The smallest absolute Gasteiger partial charge is 0.422 e. The number of amides is 1. The van der Waals surface area contributed by atoms with E-state index in [-0.39, 0.29) is 16.5 Å². The van der Waals surface area contributed by atoms with Crippen molar-refractivity contribution in [3.05, 3.63) is 53.1 Å². The van der Waals surface area contributed by atoms with Gasteiger partial charge in [-0.15, -0.1) is 0 Å². The summed E-state index contributed by atoms with van der Waals surface area (Å²) in [4.78, 5) is 12.2. The van der Waals surface area contributed by atoms with E-state index in [9.17, 15) is 18.0 Å². The summed E-state index contributed by atoms with van der Waals surface area (Å²) in [5, 5.41) is 2.73. The van der Waals surface area contributed by atoms with Gasteiger partial charge in [0.15, 0.2) is 6.61 Å². The fourth-order valence-corrected chi connectivity index (χ4v) is 1.99. The van der Waals surface area contributed by atoms with Crippen LogP contribution in [0.15, 0.2) is 42.5 Å². The third-order valence-electron chi connectivity index (χ3n) is 2.93. The molecule has 8 heteroatoms. The number of anilines is 1. The lowest BCUT2D eigenvalue weighted by atomic mass is 10.2. The maximum Gasteiger partial charge on any atom is 0.422 e. The summed E-state index contributed by atoms with van der Waals surface area (Å²) < 4.78 is 46.6. The molecule has 1 N–H and O–H groups in total. The van der Waals surface area contributed by atoms with Crippen molar-refractivity contribution >= 4 is 23.2 Å². The molecular formula is C16H13ClF3NO3. The standard InChI is InChI=1S/C16H13ClF3NO3/c1-23-12-5-2-10(3-6-12)15(22)21-13-8-11(17)4-7-14(13)24-9-16(18,19)20/h2-8H,9H2,1H3,(H,21,22). The van der Waals surface area contributed by atoms with Crippen LogP contribution in [-0.4, -0.2) is 25.8 Å². The largest absolute Gasteiger partial charge is 0.497 e. The SMILES string of the molecule is COc1ccc(C(=O)Nc2cc(Cl)ccc2OCC(F)(F)F)cc1. The minimum atomic E-state index is -4.49. The fourth-order valence-electron chi connectivity index (χ4n) is 1.82. The van der Waals surface area contributed by atoms with Crippen molar-refractivity contribution in [2.75, 3.05) is 19.0 Å². The highest BCUT2D eigenvalue weighted by Gasteiger charge is 2.29. The molecule has 0 aromatic heterocycles. The minimum absolute atomic E-state index is 0.0487. The van der Waals surface area contributed by atoms with Gasteiger partial charge in [0.25, 0.3) is 5.91 Å². The first kappa shape index (κ1) is 17.9. The number of methoxy groups -OCH3 is 1. The van der Waals surface area contributed by atoms with Crippen molar-refractivity contribution < 1.29 is 27.4 Å². The summed E-state index contributed by atoms with van der Waals surface area (Å²) in [6, 6.07) is 10.2. The molecule has 0 fully saturated rings. The molecule has 24 heavy (non-hydrogen) atoms. The molecule has 0 bridgehead atoms. The number of carbonyl (C=O) groups is 1. The lowest BCUT2D eigenvalue weighted by molar-refractivity contribution is -0.153. The third-order valence-corrected chi connectivity index (χ3v) is 3.17. The predicted molar refractivity (Wildman–Crippen MR) is 83.9 cm³/mol. The number of halogens is 4. The average Bonchev–Trinajstić information content (AvgIpc) is 2.53. The molecule has 0 aliphatic rings. The molecule has 0 aliphatic carbocycles. The van der Waals surface area contributed by atoms with Gasteiger partial charge in [-0.3, -0.25) is 4.79 Å². The Balaban J connectivity index is 2.17. The van der Waals surface area contributed by atoms with Crippen LogP contribution < -0.4 is 14.8 Å². The topological polar surface area (TPSA) is 47.6 Å². The van der Waals surface area contributed by atoms with Gasteiger partial charge in [-0.2, -0.15) is 13.2 Å². The zero-order valence-electron chi connectivity index (χ0n) is 12.5. The van der Waals surface area contributed by atoms with E-state index >= 15 is 0 Å². The zero-order chi connectivity index (χ0) is 17.7. The van der Waals surface area contributed by atoms with E-state index in [2.05, 4.69) is 5.32 Å². The molecule has 0 spiro atoms. The minimum Gasteiger partial charge on any atom is -0.497 e. The van der Waals surface area contributed by atoms with Crippen LogP contribution in [0.5, 0.6) is 11.5 Å². The summed E-state index contributed by atoms with van der Waals surface area (Å²) in [5.41, 5.74) is 0.352. The zero-order valence-corrected chi connectivity index (χ0v) is 13.2. The van der Waals surface area contributed by atoms with E-state index in [4.69, 9.17) is 21.1 Å². The number of hydrogen-bond acceptors (Lipinski definition) is 3. The Bertz CT molecular complexity index is 717. The Labute approximate surface area is 141 Å². The number of benzene rings is 2. The third kappa shape index (κ3) is 5.06. The molecule has 128 valence electrons. The number of nitrogens with one attached hydrogen (secondary N) is 1. The Kier molecular flexibility index (Phi) is 5.56. The monoisotopic (exact) mass is 359 g/mol. The van der Waals surface area contributed by atoms with E-state index in [1.54, 1.807) is 12.1 Å². The quantitative estimate of drug-likeness (QED) is 0.852. The summed E-state index contributed by atoms with van der Waals surface area (Å²) in [7, 11) is 1.49. The Morgan fingerprint density at radius 1 is 1.17 bits per heavy atom. The van der Waals surface area contributed by atoms with Gasteiger partial charge < -0.3 is 14.8 Å². The van der Waals surface area contributed by atoms with Crippen molar-refractivity contribution in [2.45, 2.75) is 6.18 Å². The molecule has 0 atom stereocenters. The highest BCUT2D eigenvalue weighted by molar-refractivity contribution is 6.31. The summed E-state index contributed by atoms with van der Waals surface area (Å²) in [5.74, 6) is -0.0705. The van der Waals surface area contributed by atoms with E-state index in [0.29, 0.717) is 11.3 Å². The van der Waals surface area contributed by atoms with Crippen LogP contribution in [0.4, 0.5) is 18.9 Å². The Morgan fingerprint density at radius 2 is 1.83 bits per heavy atom. The van der Waals surface area contributed by atoms with E-state index in [0.717, 1.165) is 0 Å². The van der Waals surface area contributed by atoms with Crippen LogP contribution in [0.25, 0.3) is 0 Å². The second kappa shape index (κ2) is 7.44. The first-order valence-corrected chi connectivity index (χ1v) is 7.11. The van der Waals surface area contributed by atoms with Crippen molar-refractivity contribution in [1.29, 1.82) is 0 Å². The van der Waals surface area contributed by atoms with Gasteiger partial charge in [0.2, 0.25) is 0 Å². The van der Waals surface area contributed by atoms with Gasteiger partial charge in [0.05, 0.1) is 12.8 Å². The highest BCUT2D eigenvalue weighted by Crippen LogP contribution is 2.30. The molecule has 0 heterocycles. The number of rotatable bonds is 5. The van der Waals surface area contributed by atoms with E-state index < -0.39 is 18.7 Å². The van der Waals surface area contributed by atoms with Crippen LogP contribution in [0, 0.1) is 0 Å².